The van der Waals surface area contributed by atoms with Gasteiger partial charge in [0.05, 0.1) is 17.2 Å². The summed E-state index contributed by atoms with van der Waals surface area (Å²) in [7, 11) is -0.414. The van der Waals surface area contributed by atoms with Crippen molar-refractivity contribution in [2.45, 2.75) is 64.7 Å². The molecule has 0 atom stereocenters. The standard InChI is InChI=1S/C16H26BN3O4/c1-11-13(17-23-15(2,3)16(4,5)24-17)10-18-20(11)12-6-8-19(9-7-12)14(21)22/h10,12H,6-9H2,1-5H3,(H,21,22). The van der Waals surface area contributed by atoms with Crippen LogP contribution in [0.5, 0.6) is 0 Å². The average molecular weight is 335 g/mol. The molecule has 24 heavy (non-hydrogen) atoms. The van der Waals surface area contributed by atoms with Gasteiger partial charge in [-0.3, -0.25) is 4.68 Å². The van der Waals surface area contributed by atoms with Gasteiger partial charge in [-0.1, -0.05) is 0 Å². The van der Waals surface area contributed by atoms with E-state index < -0.39 is 13.2 Å². The highest BCUT2D eigenvalue weighted by molar-refractivity contribution is 6.62. The fourth-order valence-electron chi connectivity index (χ4n) is 3.31. The second-order valence-corrected chi connectivity index (χ2v) is 7.72. The first-order valence-electron chi connectivity index (χ1n) is 8.50. The maximum atomic E-state index is 11.0. The van der Waals surface area contributed by atoms with Crippen LogP contribution in [0, 0.1) is 6.92 Å². The lowest BCUT2D eigenvalue weighted by Gasteiger charge is -2.32. The first-order chi connectivity index (χ1) is 11.1. The maximum Gasteiger partial charge on any atom is 0.498 e. The quantitative estimate of drug-likeness (QED) is 0.834. The number of likely N-dealkylation sites (tertiary alicyclic amines) is 1. The molecular formula is C16H26BN3O4. The molecule has 0 aromatic carbocycles. The van der Waals surface area contributed by atoms with E-state index in [0.29, 0.717) is 13.1 Å². The van der Waals surface area contributed by atoms with E-state index in [1.807, 2.05) is 45.5 Å². The average Bonchev–Trinajstić information content (AvgIpc) is 2.96. The summed E-state index contributed by atoms with van der Waals surface area (Å²) < 4.78 is 14.2. The third kappa shape index (κ3) is 2.82. The molecule has 0 radical (unpaired) electrons. The molecule has 2 saturated heterocycles. The Morgan fingerprint density at radius 1 is 1.25 bits per heavy atom. The van der Waals surface area contributed by atoms with Crippen LogP contribution >= 0.6 is 0 Å². The summed E-state index contributed by atoms with van der Waals surface area (Å²) >= 11 is 0. The van der Waals surface area contributed by atoms with E-state index >= 15 is 0 Å². The van der Waals surface area contributed by atoms with E-state index in [2.05, 4.69) is 5.10 Å². The fourth-order valence-corrected chi connectivity index (χ4v) is 3.31. The molecule has 0 spiro atoms. The fraction of sp³-hybridized carbons (Fsp3) is 0.750. The van der Waals surface area contributed by atoms with Gasteiger partial charge in [0.1, 0.15) is 0 Å². The molecule has 2 aliphatic heterocycles. The van der Waals surface area contributed by atoms with Crippen LogP contribution in [0.15, 0.2) is 6.20 Å². The minimum Gasteiger partial charge on any atom is -0.465 e. The van der Waals surface area contributed by atoms with E-state index in [0.717, 1.165) is 24.0 Å². The molecule has 0 saturated carbocycles. The first kappa shape index (κ1) is 17.3. The summed E-state index contributed by atoms with van der Waals surface area (Å²) in [5, 5.41) is 13.6. The molecule has 1 amide bonds. The molecule has 3 heterocycles. The largest absolute Gasteiger partial charge is 0.498 e. The van der Waals surface area contributed by atoms with Crippen LogP contribution in [0.25, 0.3) is 0 Å². The molecule has 1 aromatic heterocycles. The molecule has 2 fully saturated rings. The van der Waals surface area contributed by atoms with E-state index in [4.69, 9.17) is 14.4 Å². The highest BCUT2D eigenvalue weighted by atomic mass is 16.7. The van der Waals surface area contributed by atoms with Gasteiger partial charge in [0, 0.05) is 30.4 Å². The third-order valence-electron chi connectivity index (χ3n) is 5.67. The number of rotatable bonds is 2. The number of aromatic nitrogens is 2. The lowest BCUT2D eigenvalue weighted by atomic mass is 9.79. The van der Waals surface area contributed by atoms with Crippen LogP contribution in [-0.4, -0.2) is 57.3 Å². The number of nitrogens with zero attached hydrogens (tertiary/aromatic N) is 3. The third-order valence-corrected chi connectivity index (χ3v) is 5.67. The van der Waals surface area contributed by atoms with Gasteiger partial charge in [-0.15, -0.1) is 0 Å². The van der Waals surface area contributed by atoms with Gasteiger partial charge >= 0.3 is 13.2 Å². The molecule has 3 rings (SSSR count). The Bertz CT molecular complexity index is 619. The molecule has 1 N–H and O–H groups in total. The second kappa shape index (κ2) is 5.77. The van der Waals surface area contributed by atoms with Crippen molar-refractivity contribution in [3.8, 4) is 0 Å². The zero-order chi connectivity index (χ0) is 17.7. The van der Waals surface area contributed by atoms with E-state index in [9.17, 15) is 4.79 Å². The number of amides is 1. The van der Waals surface area contributed by atoms with Crippen LogP contribution in [-0.2, 0) is 9.31 Å². The number of hydrogen-bond acceptors (Lipinski definition) is 4. The second-order valence-electron chi connectivity index (χ2n) is 7.72. The molecule has 132 valence electrons. The van der Waals surface area contributed by atoms with Gasteiger partial charge in [0.25, 0.3) is 0 Å². The Morgan fingerprint density at radius 3 is 2.29 bits per heavy atom. The number of carboxylic acid groups (broad SMARTS) is 1. The molecule has 2 aliphatic rings. The monoisotopic (exact) mass is 335 g/mol. The van der Waals surface area contributed by atoms with E-state index in [1.165, 1.54) is 4.90 Å². The summed E-state index contributed by atoms with van der Waals surface area (Å²) in [5.41, 5.74) is 1.23. The predicted molar refractivity (Wildman–Crippen MR) is 90.5 cm³/mol. The Kier molecular flexibility index (Phi) is 4.16. The normalized spacial score (nSPS) is 23.7. The van der Waals surface area contributed by atoms with Crippen molar-refractivity contribution < 1.29 is 19.2 Å². The van der Waals surface area contributed by atoms with Gasteiger partial charge in [0.2, 0.25) is 0 Å². The Labute approximate surface area is 143 Å². The summed E-state index contributed by atoms with van der Waals surface area (Å²) in [5.74, 6) is 0. The Hall–Kier alpha value is -1.54. The van der Waals surface area contributed by atoms with Crippen LogP contribution in [0.2, 0.25) is 0 Å². The molecular weight excluding hydrogens is 309 g/mol. The number of hydrogen-bond donors (Lipinski definition) is 1. The molecule has 0 unspecified atom stereocenters. The van der Waals surface area contributed by atoms with Crippen molar-refractivity contribution >= 4 is 18.7 Å². The summed E-state index contributed by atoms with van der Waals surface area (Å²) in [6.45, 7) is 11.3. The smallest absolute Gasteiger partial charge is 0.465 e. The van der Waals surface area contributed by atoms with Crippen molar-refractivity contribution in [1.82, 2.24) is 14.7 Å². The summed E-state index contributed by atoms with van der Waals surface area (Å²) in [6, 6.07) is 0.219. The molecule has 7 nitrogen and oxygen atoms in total. The van der Waals surface area contributed by atoms with Crippen molar-refractivity contribution in [3.05, 3.63) is 11.9 Å². The van der Waals surface area contributed by atoms with E-state index in [-0.39, 0.29) is 17.2 Å². The van der Waals surface area contributed by atoms with Crippen molar-refractivity contribution in [2.75, 3.05) is 13.1 Å². The van der Waals surface area contributed by atoms with Gasteiger partial charge in [-0.05, 0) is 47.5 Å². The summed E-state index contributed by atoms with van der Waals surface area (Å²) in [4.78, 5) is 12.5. The van der Waals surface area contributed by atoms with E-state index in [1.54, 1.807) is 0 Å². The molecule has 0 aliphatic carbocycles. The van der Waals surface area contributed by atoms with Gasteiger partial charge in [-0.2, -0.15) is 5.10 Å². The van der Waals surface area contributed by atoms with Crippen LogP contribution in [0.1, 0.15) is 52.3 Å². The topological polar surface area (TPSA) is 76.8 Å². The zero-order valence-corrected chi connectivity index (χ0v) is 15.1. The van der Waals surface area contributed by atoms with Gasteiger partial charge in [0.15, 0.2) is 0 Å². The predicted octanol–water partition coefficient (Wildman–Crippen LogP) is 1.81. The molecule has 0 bridgehead atoms. The van der Waals surface area contributed by atoms with Crippen LogP contribution in [0.3, 0.4) is 0 Å². The minimum absolute atomic E-state index is 0.219. The lowest BCUT2D eigenvalue weighted by molar-refractivity contribution is 0.00578. The minimum atomic E-state index is -0.844. The van der Waals surface area contributed by atoms with Crippen molar-refractivity contribution in [1.29, 1.82) is 0 Å². The SMILES string of the molecule is Cc1c(B2OC(C)(C)C(C)(C)O2)cnn1C1CCN(C(=O)O)CC1. The number of piperidine rings is 1. The molecule has 8 heteroatoms. The van der Waals surface area contributed by atoms with Gasteiger partial charge in [-0.25, -0.2) is 4.79 Å². The van der Waals surface area contributed by atoms with Crippen molar-refractivity contribution in [3.63, 3.8) is 0 Å². The lowest BCUT2D eigenvalue weighted by Crippen LogP contribution is -2.41. The first-order valence-corrected chi connectivity index (χ1v) is 8.50. The number of carbonyl (C=O) groups is 1. The highest BCUT2D eigenvalue weighted by Gasteiger charge is 2.52. The van der Waals surface area contributed by atoms with Crippen LogP contribution < -0.4 is 5.46 Å². The Morgan fingerprint density at radius 2 is 1.79 bits per heavy atom. The van der Waals surface area contributed by atoms with Crippen LogP contribution in [0.4, 0.5) is 4.79 Å². The summed E-state index contributed by atoms with van der Waals surface area (Å²) in [6.07, 6.45) is 2.53. The zero-order valence-electron chi connectivity index (χ0n) is 15.1. The van der Waals surface area contributed by atoms with Gasteiger partial charge < -0.3 is 19.3 Å². The highest BCUT2D eigenvalue weighted by Crippen LogP contribution is 2.36. The van der Waals surface area contributed by atoms with Crippen molar-refractivity contribution in [2.24, 2.45) is 0 Å². The molecule has 1 aromatic rings. The Balaban J connectivity index is 1.75. The maximum absolute atomic E-state index is 11.0.